The Kier molecular flexibility index (Phi) is 3.97. The number of hydrogen-bond acceptors (Lipinski definition) is 3. The zero-order valence-corrected chi connectivity index (χ0v) is 12.1. The lowest BCUT2D eigenvalue weighted by atomic mass is 9.97. The second-order valence-corrected chi connectivity index (χ2v) is 5.31. The van der Waals surface area contributed by atoms with E-state index in [2.05, 4.69) is 34.7 Å². The molecule has 0 fully saturated rings. The first-order valence-electron chi connectivity index (χ1n) is 7.34. The Morgan fingerprint density at radius 1 is 1.24 bits per heavy atom. The minimum absolute atomic E-state index is 0.0733. The monoisotopic (exact) mass is 281 g/mol. The van der Waals surface area contributed by atoms with Crippen molar-refractivity contribution in [3.8, 4) is 0 Å². The summed E-state index contributed by atoms with van der Waals surface area (Å²) < 4.78 is 0. The van der Waals surface area contributed by atoms with Crippen LogP contribution in [0.15, 0.2) is 42.7 Å². The van der Waals surface area contributed by atoms with E-state index in [4.69, 9.17) is 0 Å². The summed E-state index contributed by atoms with van der Waals surface area (Å²) >= 11 is 0. The van der Waals surface area contributed by atoms with Crippen LogP contribution in [-0.2, 0) is 11.2 Å². The van der Waals surface area contributed by atoms with Crippen molar-refractivity contribution in [2.75, 3.05) is 11.9 Å². The Morgan fingerprint density at radius 2 is 2.05 bits per heavy atom. The second-order valence-electron chi connectivity index (χ2n) is 5.31. The number of benzene rings is 1. The van der Waals surface area contributed by atoms with Crippen LogP contribution in [0.5, 0.6) is 0 Å². The minimum atomic E-state index is 0.0733. The molecule has 1 aromatic heterocycles. The van der Waals surface area contributed by atoms with E-state index in [0.717, 1.165) is 24.2 Å². The summed E-state index contributed by atoms with van der Waals surface area (Å²) in [5.41, 5.74) is 4.39. The van der Waals surface area contributed by atoms with E-state index >= 15 is 0 Å². The van der Waals surface area contributed by atoms with Gasteiger partial charge in [0.2, 0.25) is 5.91 Å². The van der Waals surface area contributed by atoms with Crippen LogP contribution in [0.2, 0.25) is 0 Å². The van der Waals surface area contributed by atoms with Gasteiger partial charge in [-0.3, -0.25) is 9.78 Å². The summed E-state index contributed by atoms with van der Waals surface area (Å²) in [6, 6.07) is 10.4. The number of hydrogen-bond donors (Lipinski definition) is 2. The van der Waals surface area contributed by atoms with Crippen LogP contribution in [-0.4, -0.2) is 17.4 Å². The fourth-order valence-electron chi connectivity index (χ4n) is 2.70. The molecule has 2 heterocycles. The van der Waals surface area contributed by atoms with Gasteiger partial charge in [0.25, 0.3) is 0 Å². The normalized spacial score (nSPS) is 14.6. The summed E-state index contributed by atoms with van der Waals surface area (Å²) in [7, 11) is 0. The molecule has 21 heavy (non-hydrogen) atoms. The van der Waals surface area contributed by atoms with Crippen molar-refractivity contribution in [2.24, 2.45) is 0 Å². The number of rotatable bonds is 5. The zero-order valence-electron chi connectivity index (χ0n) is 12.1. The van der Waals surface area contributed by atoms with Crippen LogP contribution in [0, 0.1) is 0 Å². The maximum absolute atomic E-state index is 11.5. The van der Waals surface area contributed by atoms with Crippen molar-refractivity contribution in [1.29, 1.82) is 0 Å². The van der Waals surface area contributed by atoms with Crippen LogP contribution >= 0.6 is 0 Å². The molecule has 2 aromatic rings. The van der Waals surface area contributed by atoms with Gasteiger partial charge in [-0.2, -0.15) is 0 Å². The number of fused-ring (bicyclic) bond motifs is 1. The van der Waals surface area contributed by atoms with Gasteiger partial charge in [-0.1, -0.05) is 19.1 Å². The van der Waals surface area contributed by atoms with Crippen molar-refractivity contribution in [1.82, 2.24) is 10.3 Å². The molecular formula is C17H19N3O. The van der Waals surface area contributed by atoms with Gasteiger partial charge >= 0.3 is 0 Å². The lowest BCUT2D eigenvalue weighted by Crippen LogP contribution is -2.23. The molecule has 108 valence electrons. The lowest BCUT2D eigenvalue weighted by molar-refractivity contribution is -0.115. The minimum Gasteiger partial charge on any atom is -0.326 e. The Bertz CT molecular complexity index is 640. The van der Waals surface area contributed by atoms with E-state index in [1.807, 2.05) is 30.6 Å². The van der Waals surface area contributed by atoms with Crippen LogP contribution in [0.4, 0.5) is 5.69 Å². The van der Waals surface area contributed by atoms with Gasteiger partial charge in [-0.05, 0) is 47.9 Å². The number of amides is 1. The third kappa shape index (κ3) is 2.95. The highest BCUT2D eigenvalue weighted by atomic mass is 16.1. The number of pyridine rings is 1. The van der Waals surface area contributed by atoms with Crippen molar-refractivity contribution in [3.05, 3.63) is 59.4 Å². The number of carbonyl (C=O) groups is 1. The van der Waals surface area contributed by atoms with Crippen LogP contribution in [0.25, 0.3) is 0 Å². The van der Waals surface area contributed by atoms with Gasteiger partial charge in [-0.15, -0.1) is 0 Å². The molecule has 0 bridgehead atoms. The average Bonchev–Trinajstić information content (AvgIpc) is 2.88. The highest BCUT2D eigenvalue weighted by Crippen LogP contribution is 2.29. The van der Waals surface area contributed by atoms with Crippen molar-refractivity contribution in [3.63, 3.8) is 0 Å². The molecule has 1 aliphatic rings. The molecule has 3 rings (SSSR count). The first-order valence-corrected chi connectivity index (χ1v) is 7.34. The third-order valence-electron chi connectivity index (χ3n) is 3.73. The van der Waals surface area contributed by atoms with Gasteiger partial charge in [0.15, 0.2) is 0 Å². The summed E-state index contributed by atoms with van der Waals surface area (Å²) in [6.45, 7) is 3.10. The van der Waals surface area contributed by atoms with Gasteiger partial charge in [0.1, 0.15) is 0 Å². The predicted molar refractivity (Wildman–Crippen MR) is 83.1 cm³/mol. The van der Waals surface area contributed by atoms with E-state index in [-0.39, 0.29) is 11.9 Å². The van der Waals surface area contributed by atoms with E-state index in [1.165, 1.54) is 11.1 Å². The molecule has 0 spiro atoms. The molecule has 1 unspecified atom stereocenters. The van der Waals surface area contributed by atoms with Gasteiger partial charge in [-0.25, -0.2) is 0 Å². The predicted octanol–water partition coefficient (Wildman–Crippen LogP) is 2.67. The second kappa shape index (κ2) is 6.06. The quantitative estimate of drug-likeness (QED) is 0.886. The first-order chi connectivity index (χ1) is 10.3. The summed E-state index contributed by atoms with van der Waals surface area (Å²) in [5.74, 6) is 0.0733. The lowest BCUT2D eigenvalue weighted by Gasteiger charge is -2.20. The van der Waals surface area contributed by atoms with Crippen molar-refractivity contribution >= 4 is 11.6 Å². The molecule has 2 N–H and O–H groups in total. The SMILES string of the molecule is CCCNC(c1ccncc1)c1ccc2c(c1)CC(=O)N2. The first kappa shape index (κ1) is 13.8. The summed E-state index contributed by atoms with van der Waals surface area (Å²) in [6.07, 6.45) is 5.18. The van der Waals surface area contributed by atoms with Crippen LogP contribution < -0.4 is 10.6 Å². The Labute approximate surface area is 124 Å². The number of nitrogens with one attached hydrogen (secondary N) is 2. The Morgan fingerprint density at radius 3 is 2.81 bits per heavy atom. The molecule has 1 aromatic carbocycles. The van der Waals surface area contributed by atoms with E-state index in [9.17, 15) is 4.79 Å². The molecular weight excluding hydrogens is 262 g/mol. The molecule has 0 aliphatic carbocycles. The summed E-state index contributed by atoms with van der Waals surface area (Å²) in [5, 5.41) is 6.45. The molecule has 1 amide bonds. The number of nitrogens with zero attached hydrogens (tertiary/aromatic N) is 1. The number of carbonyl (C=O) groups excluding carboxylic acids is 1. The van der Waals surface area contributed by atoms with Crippen LogP contribution in [0.1, 0.15) is 36.1 Å². The molecule has 0 radical (unpaired) electrons. The molecule has 4 nitrogen and oxygen atoms in total. The Balaban J connectivity index is 1.93. The maximum atomic E-state index is 11.5. The molecule has 0 saturated heterocycles. The average molecular weight is 281 g/mol. The van der Waals surface area contributed by atoms with E-state index in [0.29, 0.717) is 6.42 Å². The highest BCUT2D eigenvalue weighted by molar-refractivity contribution is 5.99. The fraction of sp³-hybridized carbons (Fsp3) is 0.294. The van der Waals surface area contributed by atoms with Gasteiger partial charge in [0.05, 0.1) is 12.5 Å². The topological polar surface area (TPSA) is 54.0 Å². The fourth-order valence-corrected chi connectivity index (χ4v) is 2.70. The molecule has 1 atom stereocenters. The van der Waals surface area contributed by atoms with E-state index < -0.39 is 0 Å². The van der Waals surface area contributed by atoms with E-state index in [1.54, 1.807) is 0 Å². The summed E-state index contributed by atoms with van der Waals surface area (Å²) in [4.78, 5) is 15.6. The molecule has 4 heteroatoms. The van der Waals surface area contributed by atoms with Gasteiger partial charge in [0, 0.05) is 18.1 Å². The number of anilines is 1. The van der Waals surface area contributed by atoms with Crippen LogP contribution in [0.3, 0.4) is 0 Å². The number of aromatic nitrogens is 1. The maximum Gasteiger partial charge on any atom is 0.228 e. The van der Waals surface area contributed by atoms with Crippen molar-refractivity contribution < 1.29 is 4.79 Å². The highest BCUT2D eigenvalue weighted by Gasteiger charge is 2.20. The Hall–Kier alpha value is -2.20. The van der Waals surface area contributed by atoms with Gasteiger partial charge < -0.3 is 10.6 Å². The van der Waals surface area contributed by atoms with Crippen molar-refractivity contribution in [2.45, 2.75) is 25.8 Å². The largest absolute Gasteiger partial charge is 0.326 e. The smallest absolute Gasteiger partial charge is 0.228 e. The standard InChI is InChI=1S/C17H19N3O/c1-2-7-19-17(12-5-8-18-9-6-12)13-3-4-15-14(10-13)11-16(21)20-15/h3-6,8-10,17,19H,2,7,11H2,1H3,(H,20,21). The third-order valence-corrected chi connectivity index (χ3v) is 3.73. The molecule has 1 aliphatic heterocycles. The zero-order chi connectivity index (χ0) is 14.7. The molecule has 0 saturated carbocycles.